The molecule has 0 unspecified atom stereocenters. The molecule has 2 heterocycles. The van der Waals surface area contributed by atoms with Crippen molar-refractivity contribution < 1.29 is 27.5 Å². The van der Waals surface area contributed by atoms with E-state index in [1.807, 2.05) is 6.92 Å². The Morgan fingerprint density at radius 1 is 1.28 bits per heavy atom. The summed E-state index contributed by atoms with van der Waals surface area (Å²) in [5.41, 5.74) is 0.482. The fourth-order valence-corrected chi connectivity index (χ4v) is 5.51. The molecular formula is C21H25N3O6S2. The SMILES string of the molecule is CCOCc1cnc(NC(=O)/C(=N/O[C@@H]2CCOC2)c2ccc(S(=O)(=O)C3CC3)cc2)s1. The van der Waals surface area contributed by atoms with E-state index in [1.54, 1.807) is 18.3 Å². The van der Waals surface area contributed by atoms with E-state index in [2.05, 4.69) is 15.5 Å². The predicted molar refractivity (Wildman–Crippen MR) is 120 cm³/mol. The summed E-state index contributed by atoms with van der Waals surface area (Å²) in [5, 5.41) is 6.95. The molecule has 11 heteroatoms. The molecule has 4 rings (SSSR count). The maximum Gasteiger partial charge on any atom is 0.280 e. The molecule has 0 spiro atoms. The number of carbonyl (C=O) groups is 1. The van der Waals surface area contributed by atoms with Crippen LogP contribution in [-0.2, 0) is 35.5 Å². The van der Waals surface area contributed by atoms with Gasteiger partial charge in [-0.1, -0.05) is 28.6 Å². The number of sulfone groups is 1. The molecule has 32 heavy (non-hydrogen) atoms. The highest BCUT2D eigenvalue weighted by Crippen LogP contribution is 2.33. The van der Waals surface area contributed by atoms with Gasteiger partial charge in [0.1, 0.15) is 0 Å². The van der Waals surface area contributed by atoms with Gasteiger partial charge in [0.05, 0.1) is 34.8 Å². The molecule has 9 nitrogen and oxygen atoms in total. The number of anilines is 1. The predicted octanol–water partition coefficient (Wildman–Crippen LogP) is 2.76. The molecule has 0 bridgehead atoms. The summed E-state index contributed by atoms with van der Waals surface area (Å²) in [6.45, 7) is 3.90. The first-order chi connectivity index (χ1) is 15.5. The fourth-order valence-electron chi connectivity index (χ4n) is 3.11. The standard InChI is InChI=1S/C21H25N3O6S2/c1-2-28-13-16-11-22-21(31-16)23-20(25)19(24-30-15-9-10-29-12-15)14-3-5-17(6-4-14)32(26,27)18-7-8-18/h3-6,11,15,18H,2,7-10,12-13H2,1H3,(H,22,23,25)/b24-19+/t15-/m1/s1. The number of oxime groups is 1. The van der Waals surface area contributed by atoms with Crippen LogP contribution >= 0.6 is 11.3 Å². The number of aromatic nitrogens is 1. The van der Waals surface area contributed by atoms with Gasteiger partial charge < -0.3 is 14.3 Å². The minimum atomic E-state index is -3.32. The highest BCUT2D eigenvalue weighted by atomic mass is 32.2. The number of rotatable bonds is 10. The molecule has 1 N–H and O–H groups in total. The molecular weight excluding hydrogens is 454 g/mol. The van der Waals surface area contributed by atoms with Crippen molar-refractivity contribution in [1.29, 1.82) is 0 Å². The van der Waals surface area contributed by atoms with Gasteiger partial charge in [-0.15, -0.1) is 0 Å². The van der Waals surface area contributed by atoms with Crippen LogP contribution in [0.4, 0.5) is 5.13 Å². The smallest absolute Gasteiger partial charge is 0.280 e. The lowest BCUT2D eigenvalue weighted by Crippen LogP contribution is -2.25. The molecule has 1 aromatic heterocycles. The van der Waals surface area contributed by atoms with Gasteiger partial charge in [-0.2, -0.15) is 0 Å². The lowest BCUT2D eigenvalue weighted by atomic mass is 10.1. The monoisotopic (exact) mass is 479 g/mol. The van der Waals surface area contributed by atoms with E-state index < -0.39 is 15.7 Å². The van der Waals surface area contributed by atoms with Crippen molar-refractivity contribution in [2.75, 3.05) is 25.1 Å². The van der Waals surface area contributed by atoms with Gasteiger partial charge in [0, 0.05) is 24.8 Å². The van der Waals surface area contributed by atoms with Crippen LogP contribution in [0, 0.1) is 0 Å². The van der Waals surface area contributed by atoms with Crippen molar-refractivity contribution in [2.45, 2.75) is 49.0 Å². The summed E-state index contributed by atoms with van der Waals surface area (Å²) in [4.78, 5) is 23.9. The average molecular weight is 480 g/mol. The topological polar surface area (TPSA) is 116 Å². The Morgan fingerprint density at radius 2 is 2.06 bits per heavy atom. The van der Waals surface area contributed by atoms with Crippen LogP contribution in [0.3, 0.4) is 0 Å². The average Bonchev–Trinajstić information content (AvgIpc) is 3.36. The van der Waals surface area contributed by atoms with Crippen molar-refractivity contribution in [3.05, 3.63) is 40.9 Å². The van der Waals surface area contributed by atoms with Crippen LogP contribution < -0.4 is 5.32 Å². The van der Waals surface area contributed by atoms with Crippen LogP contribution in [0.1, 0.15) is 36.6 Å². The first-order valence-electron chi connectivity index (χ1n) is 10.5. The number of hydrogen-bond donors (Lipinski definition) is 1. The van der Waals surface area contributed by atoms with E-state index in [9.17, 15) is 13.2 Å². The van der Waals surface area contributed by atoms with E-state index >= 15 is 0 Å². The Bertz CT molecular complexity index is 1070. The molecule has 2 aliphatic rings. The third-order valence-electron chi connectivity index (χ3n) is 5.04. The van der Waals surface area contributed by atoms with Crippen molar-refractivity contribution in [3.8, 4) is 0 Å². The molecule has 1 aliphatic carbocycles. The minimum absolute atomic E-state index is 0.0360. The highest BCUT2D eigenvalue weighted by Gasteiger charge is 2.36. The number of carbonyl (C=O) groups excluding carboxylic acids is 1. The molecule has 0 radical (unpaired) electrons. The summed E-state index contributed by atoms with van der Waals surface area (Å²) < 4.78 is 35.6. The van der Waals surface area contributed by atoms with Gasteiger partial charge in [-0.05, 0) is 31.9 Å². The Kier molecular flexibility index (Phi) is 7.19. The zero-order valence-electron chi connectivity index (χ0n) is 17.7. The normalized spacial score (nSPS) is 19.2. The second-order valence-corrected chi connectivity index (χ2v) is 10.9. The second kappa shape index (κ2) is 10.1. The van der Waals surface area contributed by atoms with Crippen LogP contribution in [-0.4, -0.2) is 56.2 Å². The highest BCUT2D eigenvalue weighted by molar-refractivity contribution is 7.92. The second-order valence-electron chi connectivity index (χ2n) is 7.52. The van der Waals surface area contributed by atoms with E-state index in [0.29, 0.717) is 56.4 Å². The zero-order chi connectivity index (χ0) is 22.6. The summed E-state index contributed by atoms with van der Waals surface area (Å²) in [5.74, 6) is -0.501. The minimum Gasteiger partial charge on any atom is -0.389 e. The number of amides is 1. The largest absolute Gasteiger partial charge is 0.389 e. The van der Waals surface area contributed by atoms with Crippen molar-refractivity contribution >= 4 is 37.9 Å². The molecule has 1 saturated carbocycles. The van der Waals surface area contributed by atoms with E-state index in [1.165, 1.54) is 23.5 Å². The van der Waals surface area contributed by atoms with E-state index in [0.717, 1.165) is 4.88 Å². The number of nitrogens with zero attached hydrogens (tertiary/aromatic N) is 2. The first kappa shape index (κ1) is 22.8. The van der Waals surface area contributed by atoms with Gasteiger partial charge in [0.2, 0.25) is 0 Å². The Labute approximate surface area is 190 Å². The van der Waals surface area contributed by atoms with Crippen LogP contribution in [0.2, 0.25) is 0 Å². The van der Waals surface area contributed by atoms with Gasteiger partial charge in [0.15, 0.2) is 26.8 Å². The molecule has 2 fully saturated rings. The Hall–Kier alpha value is -2.34. The van der Waals surface area contributed by atoms with Crippen LogP contribution in [0.25, 0.3) is 0 Å². The first-order valence-corrected chi connectivity index (χ1v) is 12.8. The number of nitrogens with one attached hydrogen (secondary N) is 1. The van der Waals surface area contributed by atoms with Gasteiger partial charge >= 0.3 is 0 Å². The van der Waals surface area contributed by atoms with E-state index in [4.69, 9.17) is 14.3 Å². The van der Waals surface area contributed by atoms with E-state index in [-0.39, 0.29) is 22.0 Å². The molecule has 1 aromatic carbocycles. The third kappa shape index (κ3) is 5.52. The third-order valence-corrected chi connectivity index (χ3v) is 8.20. The summed E-state index contributed by atoms with van der Waals surface area (Å²) in [7, 11) is -3.32. The number of ether oxygens (including phenoxy) is 2. The zero-order valence-corrected chi connectivity index (χ0v) is 19.3. The molecule has 1 saturated heterocycles. The van der Waals surface area contributed by atoms with Gasteiger partial charge in [-0.25, -0.2) is 13.4 Å². The Balaban J connectivity index is 1.53. The van der Waals surface area contributed by atoms with Crippen molar-refractivity contribution in [2.24, 2.45) is 5.16 Å². The molecule has 2 aromatic rings. The van der Waals surface area contributed by atoms with Crippen molar-refractivity contribution in [1.82, 2.24) is 4.98 Å². The Morgan fingerprint density at radius 3 is 2.72 bits per heavy atom. The maximum atomic E-state index is 13.0. The van der Waals surface area contributed by atoms with Gasteiger partial charge in [0.25, 0.3) is 5.91 Å². The lowest BCUT2D eigenvalue weighted by molar-refractivity contribution is -0.110. The van der Waals surface area contributed by atoms with Crippen LogP contribution in [0.5, 0.6) is 0 Å². The molecule has 172 valence electrons. The molecule has 1 atom stereocenters. The number of hydrogen-bond acceptors (Lipinski definition) is 9. The quantitative estimate of drug-likeness (QED) is 0.411. The maximum absolute atomic E-state index is 13.0. The lowest BCUT2D eigenvalue weighted by Gasteiger charge is -2.10. The fraction of sp³-hybridized carbons (Fsp3) is 0.476. The number of thiazole rings is 1. The summed E-state index contributed by atoms with van der Waals surface area (Å²) >= 11 is 1.31. The summed E-state index contributed by atoms with van der Waals surface area (Å²) in [6.07, 6.45) is 3.48. The van der Waals surface area contributed by atoms with Crippen LogP contribution in [0.15, 0.2) is 40.5 Å². The van der Waals surface area contributed by atoms with Gasteiger partial charge in [-0.3, -0.25) is 10.1 Å². The van der Waals surface area contributed by atoms with Crippen molar-refractivity contribution in [3.63, 3.8) is 0 Å². The summed E-state index contributed by atoms with van der Waals surface area (Å²) in [6, 6.07) is 6.16. The molecule has 1 amide bonds. The molecule has 1 aliphatic heterocycles. The number of benzene rings is 1.